The largest absolute Gasteiger partial charge is 0.481 e. The van der Waals surface area contributed by atoms with Crippen LogP contribution in [-0.4, -0.2) is 33.9 Å². The third-order valence-electron chi connectivity index (χ3n) is 1.11. The van der Waals surface area contributed by atoms with Crippen molar-refractivity contribution in [3.8, 4) is 12.1 Å². The first-order valence-corrected chi connectivity index (χ1v) is 4.05. The van der Waals surface area contributed by atoms with E-state index in [1.54, 1.807) is 0 Å². The fraction of sp³-hybridized carbons (Fsp3) is 0.333. The summed E-state index contributed by atoms with van der Waals surface area (Å²) < 4.78 is 0. The highest BCUT2D eigenvalue weighted by Crippen LogP contribution is 1.88. The first-order chi connectivity index (χ1) is 7.49. The molecule has 0 amide bonds. The van der Waals surface area contributed by atoms with Crippen molar-refractivity contribution in [3.63, 3.8) is 0 Å². The molecule has 0 aliphatic carbocycles. The number of carbonyl (C=O) groups is 2. The Bertz CT molecular complexity index is 348. The molecule has 0 spiro atoms. The number of allylic oxidation sites excluding steroid dienone is 1. The standard InChI is InChI=1S/C5H2N2O2.C4H8O3/c6-2-1-4(3-7)5(8)9;5-3-1-2-4(6)7/h1H,(H,8,9);5H,1-3H2,(H,6,7). The summed E-state index contributed by atoms with van der Waals surface area (Å²) in [6.07, 6.45) is 1.11. The van der Waals surface area contributed by atoms with Crippen LogP contribution in [0.15, 0.2) is 11.6 Å². The predicted molar refractivity (Wildman–Crippen MR) is 50.9 cm³/mol. The summed E-state index contributed by atoms with van der Waals surface area (Å²) in [6.45, 7) is -0.0354. The zero-order valence-electron chi connectivity index (χ0n) is 8.25. The van der Waals surface area contributed by atoms with Crippen LogP contribution in [0.2, 0.25) is 0 Å². The molecular weight excluding hydrogens is 216 g/mol. The van der Waals surface area contributed by atoms with Crippen molar-refractivity contribution >= 4 is 11.9 Å². The average Bonchev–Trinajstić information content (AvgIpc) is 2.23. The van der Waals surface area contributed by atoms with Gasteiger partial charge in [-0.05, 0) is 6.42 Å². The van der Waals surface area contributed by atoms with Crippen LogP contribution >= 0.6 is 0 Å². The second-order valence-corrected chi connectivity index (χ2v) is 2.32. The molecule has 0 fully saturated rings. The van der Waals surface area contributed by atoms with Gasteiger partial charge in [0.25, 0.3) is 0 Å². The van der Waals surface area contributed by atoms with Crippen LogP contribution in [0.3, 0.4) is 0 Å². The topological polar surface area (TPSA) is 142 Å². The maximum atomic E-state index is 9.88. The van der Waals surface area contributed by atoms with Crippen LogP contribution in [0.1, 0.15) is 12.8 Å². The number of nitrogens with zero attached hydrogens (tertiary/aromatic N) is 2. The summed E-state index contributed by atoms with van der Waals surface area (Å²) in [4.78, 5) is 19.5. The molecule has 0 aliphatic rings. The number of aliphatic carboxylic acids is 2. The van der Waals surface area contributed by atoms with E-state index in [1.165, 1.54) is 12.1 Å². The molecule has 0 bridgehead atoms. The van der Waals surface area contributed by atoms with E-state index in [1.807, 2.05) is 0 Å². The average molecular weight is 226 g/mol. The van der Waals surface area contributed by atoms with Gasteiger partial charge in [0.2, 0.25) is 0 Å². The molecule has 86 valence electrons. The number of rotatable bonds is 4. The Morgan fingerprint density at radius 3 is 1.94 bits per heavy atom. The number of carboxylic acid groups (broad SMARTS) is 2. The summed E-state index contributed by atoms with van der Waals surface area (Å²) in [5, 5.41) is 39.9. The summed E-state index contributed by atoms with van der Waals surface area (Å²) in [5.74, 6) is -2.23. The maximum Gasteiger partial charge on any atom is 0.347 e. The van der Waals surface area contributed by atoms with Gasteiger partial charge in [-0.2, -0.15) is 10.5 Å². The Morgan fingerprint density at radius 1 is 1.25 bits per heavy atom. The van der Waals surface area contributed by atoms with Crippen LogP contribution in [-0.2, 0) is 9.59 Å². The van der Waals surface area contributed by atoms with Gasteiger partial charge < -0.3 is 15.3 Å². The van der Waals surface area contributed by atoms with E-state index in [9.17, 15) is 9.59 Å². The minimum Gasteiger partial charge on any atom is -0.481 e. The summed E-state index contributed by atoms with van der Waals surface area (Å²) in [6, 6.07) is 2.78. The molecule has 0 saturated carbocycles. The van der Waals surface area contributed by atoms with Gasteiger partial charge in [-0.1, -0.05) is 0 Å². The molecule has 0 aromatic rings. The fourth-order valence-corrected chi connectivity index (χ4v) is 0.437. The number of hydrogen-bond donors (Lipinski definition) is 3. The van der Waals surface area contributed by atoms with Crippen molar-refractivity contribution in [2.45, 2.75) is 12.8 Å². The molecule has 3 N–H and O–H groups in total. The smallest absolute Gasteiger partial charge is 0.347 e. The van der Waals surface area contributed by atoms with E-state index in [0.29, 0.717) is 12.5 Å². The van der Waals surface area contributed by atoms with E-state index in [2.05, 4.69) is 0 Å². The lowest BCUT2D eigenvalue weighted by Crippen LogP contribution is -1.96. The Balaban J connectivity index is 0. The SMILES string of the molecule is N#CC=C(C#N)C(=O)O.O=C(O)CCCO. The zero-order valence-corrected chi connectivity index (χ0v) is 8.25. The Labute approximate surface area is 91.5 Å². The van der Waals surface area contributed by atoms with Gasteiger partial charge in [-0.3, -0.25) is 4.79 Å². The zero-order chi connectivity index (χ0) is 13.0. The quantitative estimate of drug-likeness (QED) is 0.448. The van der Waals surface area contributed by atoms with Gasteiger partial charge >= 0.3 is 11.9 Å². The highest BCUT2D eigenvalue weighted by atomic mass is 16.4. The minimum absolute atomic E-state index is 0.0354. The molecule has 0 aromatic heterocycles. The number of nitriles is 2. The first-order valence-electron chi connectivity index (χ1n) is 4.05. The molecule has 0 rings (SSSR count). The molecule has 0 saturated heterocycles. The molecule has 7 heteroatoms. The second kappa shape index (κ2) is 10.7. The van der Waals surface area contributed by atoms with E-state index < -0.39 is 17.5 Å². The van der Waals surface area contributed by atoms with Crippen molar-refractivity contribution in [1.29, 1.82) is 10.5 Å². The van der Waals surface area contributed by atoms with Crippen LogP contribution in [0.25, 0.3) is 0 Å². The van der Waals surface area contributed by atoms with Gasteiger partial charge in [0.15, 0.2) is 0 Å². The second-order valence-electron chi connectivity index (χ2n) is 2.32. The Kier molecular flexibility index (Phi) is 10.7. The summed E-state index contributed by atoms with van der Waals surface area (Å²) >= 11 is 0. The lowest BCUT2D eigenvalue weighted by Gasteiger charge is -1.85. The highest BCUT2D eigenvalue weighted by Gasteiger charge is 2.02. The van der Waals surface area contributed by atoms with Crippen molar-refractivity contribution in [3.05, 3.63) is 11.6 Å². The molecule has 0 heterocycles. The molecule has 0 aromatic carbocycles. The van der Waals surface area contributed by atoms with E-state index in [-0.39, 0.29) is 13.0 Å². The van der Waals surface area contributed by atoms with Gasteiger partial charge in [-0.15, -0.1) is 0 Å². The molecule has 0 atom stereocenters. The number of aliphatic hydroxyl groups is 1. The van der Waals surface area contributed by atoms with Gasteiger partial charge in [0, 0.05) is 19.1 Å². The van der Waals surface area contributed by atoms with Crippen LogP contribution in [0.5, 0.6) is 0 Å². The monoisotopic (exact) mass is 226 g/mol. The predicted octanol–water partition coefficient (Wildman–Crippen LogP) is -0.112. The van der Waals surface area contributed by atoms with E-state index in [0.717, 1.165) is 0 Å². The van der Waals surface area contributed by atoms with E-state index in [4.69, 9.17) is 25.8 Å². The van der Waals surface area contributed by atoms with Crippen molar-refractivity contribution < 1.29 is 24.9 Å². The van der Waals surface area contributed by atoms with Crippen LogP contribution < -0.4 is 0 Å². The summed E-state index contributed by atoms with van der Waals surface area (Å²) in [7, 11) is 0. The lowest BCUT2D eigenvalue weighted by molar-refractivity contribution is -0.137. The lowest BCUT2D eigenvalue weighted by atomic mass is 10.3. The summed E-state index contributed by atoms with van der Waals surface area (Å²) in [5.41, 5.74) is -0.544. The first kappa shape index (κ1) is 16.1. The highest BCUT2D eigenvalue weighted by molar-refractivity contribution is 5.91. The molecular formula is C9H10N2O5. The number of aliphatic hydroxyl groups excluding tert-OH is 1. The number of hydrogen-bond acceptors (Lipinski definition) is 5. The fourth-order valence-electron chi connectivity index (χ4n) is 0.437. The molecule has 7 nitrogen and oxygen atoms in total. The van der Waals surface area contributed by atoms with Crippen LogP contribution in [0.4, 0.5) is 0 Å². The van der Waals surface area contributed by atoms with Crippen molar-refractivity contribution in [2.24, 2.45) is 0 Å². The molecule has 0 unspecified atom stereocenters. The van der Waals surface area contributed by atoms with Gasteiger partial charge in [0.05, 0.1) is 6.07 Å². The Hall–Kier alpha value is -2.38. The van der Waals surface area contributed by atoms with Crippen LogP contribution in [0, 0.1) is 22.7 Å². The molecule has 16 heavy (non-hydrogen) atoms. The van der Waals surface area contributed by atoms with Crippen molar-refractivity contribution in [2.75, 3.05) is 6.61 Å². The van der Waals surface area contributed by atoms with Gasteiger partial charge in [-0.25, -0.2) is 4.79 Å². The normalized spacial score (nSPS) is 9.06. The van der Waals surface area contributed by atoms with Crippen molar-refractivity contribution in [1.82, 2.24) is 0 Å². The maximum absolute atomic E-state index is 9.88. The molecule has 0 radical (unpaired) electrons. The third kappa shape index (κ3) is 11.6. The number of carboxylic acids is 2. The molecule has 0 aliphatic heterocycles. The minimum atomic E-state index is -1.38. The third-order valence-corrected chi connectivity index (χ3v) is 1.11. The Morgan fingerprint density at radius 2 is 1.81 bits per heavy atom. The van der Waals surface area contributed by atoms with E-state index >= 15 is 0 Å². The van der Waals surface area contributed by atoms with Gasteiger partial charge in [0.1, 0.15) is 11.6 Å².